The minimum atomic E-state index is -1.20. The molecule has 0 radical (unpaired) electrons. The van der Waals surface area contributed by atoms with Crippen molar-refractivity contribution in [1.29, 1.82) is 0 Å². The van der Waals surface area contributed by atoms with Crippen molar-refractivity contribution in [2.45, 2.75) is 37.9 Å². The quantitative estimate of drug-likeness (QED) is 0.0879. The zero-order valence-corrected chi connectivity index (χ0v) is 23.7. The molecule has 12 heteroatoms. The fraction of sp³-hybridized carbons (Fsp3) is 0.258. The van der Waals surface area contributed by atoms with Crippen molar-refractivity contribution in [2.75, 3.05) is 13.1 Å². The molecule has 9 N–H and O–H groups in total. The van der Waals surface area contributed by atoms with E-state index in [0.717, 1.165) is 16.7 Å². The standard InChI is InChI=1S/C31H37N7O5/c32-30(33)35-17-7-12-25(37-28(41)27(23-8-3-1-4-9-23)24-10-5-2-6-11-24)29(42)38(20-26(39)40)19-22-15-13-21(14-16-22)18-36-31(34)43/h1-6,8-11,13-16,25,27H,7,12,17-20H2,(H,37,41)(H,39,40)(H4,32,33,35)(H3,34,36,43)/t25-/m1/s1. The van der Waals surface area contributed by atoms with Gasteiger partial charge in [0.25, 0.3) is 0 Å². The van der Waals surface area contributed by atoms with Crippen molar-refractivity contribution >= 4 is 29.8 Å². The second-order valence-corrected chi connectivity index (χ2v) is 9.89. The van der Waals surface area contributed by atoms with Gasteiger partial charge in [0.15, 0.2) is 5.96 Å². The fourth-order valence-electron chi connectivity index (χ4n) is 4.57. The Labute approximate surface area is 250 Å². The van der Waals surface area contributed by atoms with E-state index in [1.54, 1.807) is 24.3 Å². The van der Waals surface area contributed by atoms with Gasteiger partial charge in [-0.15, -0.1) is 0 Å². The van der Waals surface area contributed by atoms with Crippen LogP contribution in [-0.2, 0) is 27.5 Å². The van der Waals surface area contributed by atoms with Crippen molar-refractivity contribution in [3.05, 3.63) is 107 Å². The Morgan fingerprint density at radius 1 is 0.814 bits per heavy atom. The Bertz CT molecular complexity index is 1360. The van der Waals surface area contributed by atoms with Crippen LogP contribution >= 0.6 is 0 Å². The Hall–Kier alpha value is -5.39. The number of urea groups is 1. The van der Waals surface area contributed by atoms with Crippen LogP contribution < -0.4 is 27.8 Å². The highest BCUT2D eigenvalue weighted by molar-refractivity contribution is 5.93. The maximum atomic E-state index is 13.9. The lowest BCUT2D eigenvalue weighted by molar-refractivity contribution is -0.146. The lowest BCUT2D eigenvalue weighted by atomic mass is 9.90. The summed E-state index contributed by atoms with van der Waals surface area (Å²) in [5, 5.41) is 15.0. The molecule has 0 aliphatic carbocycles. The first kappa shape index (κ1) is 32.1. The van der Waals surface area contributed by atoms with Crippen LogP contribution in [0.1, 0.15) is 41.0 Å². The highest BCUT2D eigenvalue weighted by atomic mass is 16.4. The lowest BCUT2D eigenvalue weighted by Crippen LogP contribution is -2.50. The number of guanidine groups is 1. The monoisotopic (exact) mass is 587 g/mol. The summed E-state index contributed by atoms with van der Waals surface area (Å²) in [6, 6.07) is 23.6. The third-order valence-electron chi connectivity index (χ3n) is 6.59. The summed E-state index contributed by atoms with van der Waals surface area (Å²) in [4.78, 5) is 55.7. The van der Waals surface area contributed by atoms with Gasteiger partial charge in [0.1, 0.15) is 12.6 Å². The van der Waals surface area contributed by atoms with Gasteiger partial charge >= 0.3 is 12.0 Å². The minimum Gasteiger partial charge on any atom is -0.480 e. The average Bonchev–Trinajstić information content (AvgIpc) is 2.98. The highest BCUT2D eigenvalue weighted by Gasteiger charge is 2.31. The predicted octanol–water partition coefficient (Wildman–Crippen LogP) is 1.64. The third kappa shape index (κ3) is 10.5. The number of nitrogens with two attached hydrogens (primary N) is 3. The second-order valence-electron chi connectivity index (χ2n) is 9.89. The molecule has 4 amide bonds. The summed E-state index contributed by atoms with van der Waals surface area (Å²) < 4.78 is 0. The first-order valence-electron chi connectivity index (χ1n) is 13.7. The van der Waals surface area contributed by atoms with Crippen LogP contribution in [0.5, 0.6) is 0 Å². The first-order chi connectivity index (χ1) is 20.6. The molecular weight excluding hydrogens is 550 g/mol. The molecule has 0 fully saturated rings. The summed E-state index contributed by atoms with van der Waals surface area (Å²) in [5.74, 6) is -2.96. The molecule has 0 heterocycles. The molecular formula is C31H37N7O5. The number of hydrogen-bond donors (Lipinski definition) is 6. The van der Waals surface area contributed by atoms with Crippen molar-refractivity contribution in [1.82, 2.24) is 15.5 Å². The Morgan fingerprint density at radius 3 is 1.88 bits per heavy atom. The molecule has 0 spiro atoms. The van der Waals surface area contributed by atoms with E-state index >= 15 is 0 Å². The summed E-state index contributed by atoms with van der Waals surface area (Å²) >= 11 is 0. The molecule has 0 aliphatic heterocycles. The van der Waals surface area contributed by atoms with E-state index in [0.29, 0.717) is 12.0 Å². The molecule has 43 heavy (non-hydrogen) atoms. The van der Waals surface area contributed by atoms with Gasteiger partial charge in [0, 0.05) is 19.6 Å². The van der Waals surface area contributed by atoms with Crippen LogP contribution in [-0.4, -0.2) is 58.9 Å². The zero-order valence-electron chi connectivity index (χ0n) is 23.7. The number of nitrogens with zero attached hydrogens (tertiary/aromatic N) is 2. The van der Waals surface area contributed by atoms with Gasteiger partial charge in [0.05, 0.1) is 5.92 Å². The minimum absolute atomic E-state index is 0.0181. The highest BCUT2D eigenvalue weighted by Crippen LogP contribution is 2.25. The maximum Gasteiger partial charge on any atom is 0.323 e. The van der Waals surface area contributed by atoms with Crippen molar-refractivity contribution in [3.8, 4) is 0 Å². The van der Waals surface area contributed by atoms with Crippen LogP contribution in [0.25, 0.3) is 0 Å². The maximum absolute atomic E-state index is 13.9. The lowest BCUT2D eigenvalue weighted by Gasteiger charge is -2.28. The molecule has 3 aromatic carbocycles. The van der Waals surface area contributed by atoms with Crippen molar-refractivity contribution in [3.63, 3.8) is 0 Å². The molecule has 226 valence electrons. The largest absolute Gasteiger partial charge is 0.480 e. The van der Waals surface area contributed by atoms with E-state index in [2.05, 4.69) is 15.6 Å². The normalized spacial score (nSPS) is 11.3. The smallest absolute Gasteiger partial charge is 0.323 e. The first-order valence-corrected chi connectivity index (χ1v) is 13.7. The van der Waals surface area contributed by atoms with E-state index in [1.165, 1.54) is 4.90 Å². The summed E-state index contributed by atoms with van der Waals surface area (Å²) in [6.45, 7) is -0.148. The van der Waals surface area contributed by atoms with Gasteiger partial charge in [-0.2, -0.15) is 0 Å². The predicted molar refractivity (Wildman–Crippen MR) is 162 cm³/mol. The molecule has 0 bridgehead atoms. The summed E-state index contributed by atoms with van der Waals surface area (Å²) in [5.41, 5.74) is 18.9. The topological polar surface area (TPSA) is 206 Å². The van der Waals surface area contributed by atoms with Crippen LogP contribution in [0.3, 0.4) is 0 Å². The number of rotatable bonds is 15. The van der Waals surface area contributed by atoms with Gasteiger partial charge < -0.3 is 37.8 Å². The SMILES string of the molecule is NC(=O)NCc1ccc(CN(CC(=O)O)C(=O)[C@@H](CCCN=C(N)N)NC(=O)C(c2ccccc2)c2ccccc2)cc1. The van der Waals surface area contributed by atoms with E-state index in [4.69, 9.17) is 17.2 Å². The van der Waals surface area contributed by atoms with Crippen LogP contribution in [0.4, 0.5) is 4.79 Å². The van der Waals surface area contributed by atoms with Crippen LogP contribution in [0.2, 0.25) is 0 Å². The van der Waals surface area contributed by atoms with E-state index in [-0.39, 0.29) is 32.0 Å². The average molecular weight is 588 g/mol. The van der Waals surface area contributed by atoms with E-state index < -0.39 is 42.3 Å². The number of hydrogen-bond acceptors (Lipinski definition) is 5. The Balaban J connectivity index is 1.87. The van der Waals surface area contributed by atoms with Crippen LogP contribution in [0.15, 0.2) is 89.9 Å². The number of carbonyl (C=O) groups excluding carboxylic acids is 3. The molecule has 0 saturated carbocycles. The summed E-state index contributed by atoms with van der Waals surface area (Å²) in [7, 11) is 0. The number of primary amides is 1. The number of aliphatic imine (C=N–C) groups is 1. The van der Waals surface area contributed by atoms with Gasteiger partial charge in [-0.25, -0.2) is 4.79 Å². The molecule has 0 unspecified atom stereocenters. The number of carbonyl (C=O) groups is 4. The fourth-order valence-corrected chi connectivity index (χ4v) is 4.57. The number of carboxylic acid groups (broad SMARTS) is 1. The van der Waals surface area contributed by atoms with Gasteiger partial charge in [-0.1, -0.05) is 84.9 Å². The third-order valence-corrected chi connectivity index (χ3v) is 6.59. The number of aliphatic carboxylic acids is 1. The number of benzene rings is 3. The molecule has 12 nitrogen and oxygen atoms in total. The number of nitrogens with one attached hydrogen (secondary N) is 2. The number of carboxylic acids is 1. The van der Waals surface area contributed by atoms with Gasteiger partial charge in [0.2, 0.25) is 11.8 Å². The summed E-state index contributed by atoms with van der Waals surface area (Å²) in [6.07, 6.45) is 0.532. The molecule has 0 saturated heterocycles. The molecule has 0 aliphatic rings. The van der Waals surface area contributed by atoms with Gasteiger partial charge in [-0.3, -0.25) is 19.4 Å². The van der Waals surface area contributed by atoms with E-state index in [1.807, 2.05) is 60.7 Å². The Kier molecular flexibility index (Phi) is 12.1. The van der Waals surface area contributed by atoms with Crippen molar-refractivity contribution in [2.24, 2.45) is 22.2 Å². The van der Waals surface area contributed by atoms with Gasteiger partial charge in [-0.05, 0) is 35.1 Å². The molecule has 3 rings (SSSR count). The molecule has 1 atom stereocenters. The second kappa shape index (κ2) is 16.2. The number of amides is 4. The molecule has 0 aromatic heterocycles. The molecule has 3 aromatic rings. The Morgan fingerprint density at radius 2 is 1.37 bits per heavy atom. The van der Waals surface area contributed by atoms with Crippen molar-refractivity contribution < 1.29 is 24.3 Å². The van der Waals surface area contributed by atoms with E-state index in [9.17, 15) is 24.3 Å². The van der Waals surface area contributed by atoms with Crippen LogP contribution in [0, 0.1) is 0 Å². The zero-order chi connectivity index (χ0) is 31.2.